The van der Waals surface area contributed by atoms with E-state index in [9.17, 15) is 4.79 Å². The van der Waals surface area contributed by atoms with Gasteiger partial charge in [-0.25, -0.2) is 4.98 Å². The summed E-state index contributed by atoms with van der Waals surface area (Å²) in [4.78, 5) is 22.2. The minimum Gasteiger partial charge on any atom is -0.310 e. The lowest BCUT2D eigenvalue weighted by Crippen LogP contribution is -2.35. The fraction of sp³-hybridized carbons (Fsp3) is 0.412. The third-order valence-corrected chi connectivity index (χ3v) is 4.56. The zero-order chi connectivity index (χ0) is 15.7. The van der Waals surface area contributed by atoms with Crippen LogP contribution in [0.15, 0.2) is 33.5 Å². The van der Waals surface area contributed by atoms with Crippen molar-refractivity contribution in [3.63, 3.8) is 0 Å². The van der Waals surface area contributed by atoms with E-state index >= 15 is 0 Å². The summed E-state index contributed by atoms with van der Waals surface area (Å²) in [6, 6.07) is 8.33. The van der Waals surface area contributed by atoms with E-state index in [4.69, 9.17) is 0 Å². The molecule has 1 aromatic carbocycles. The van der Waals surface area contributed by atoms with Gasteiger partial charge < -0.3 is 4.98 Å². The largest absolute Gasteiger partial charge is 0.310 e. The summed E-state index contributed by atoms with van der Waals surface area (Å²) in [5.74, 6) is 1.05. The number of aromatic amines is 1. The summed E-state index contributed by atoms with van der Waals surface area (Å²) in [7, 11) is 0. The van der Waals surface area contributed by atoms with Crippen molar-refractivity contribution in [1.29, 1.82) is 0 Å². The quantitative estimate of drug-likeness (QED) is 0.912. The molecule has 3 rings (SSSR count). The third-order valence-electron chi connectivity index (χ3n) is 4.03. The van der Waals surface area contributed by atoms with Crippen molar-refractivity contribution in [3.05, 3.63) is 61.7 Å². The first-order valence-electron chi connectivity index (χ1n) is 7.61. The molecule has 0 atom stereocenters. The first kappa shape index (κ1) is 15.4. The van der Waals surface area contributed by atoms with Crippen LogP contribution in [0.4, 0.5) is 0 Å². The van der Waals surface area contributed by atoms with Crippen LogP contribution in [-0.4, -0.2) is 21.4 Å². The summed E-state index contributed by atoms with van der Waals surface area (Å²) < 4.78 is 1.09. The van der Waals surface area contributed by atoms with E-state index < -0.39 is 0 Å². The van der Waals surface area contributed by atoms with Crippen LogP contribution in [0.25, 0.3) is 0 Å². The SMILES string of the molecule is CC(C)c1nc2c(c(=O)[nH]1)CN(Cc1ccc(Br)cc1)CC2. The molecule has 22 heavy (non-hydrogen) atoms. The molecule has 2 heterocycles. The normalized spacial score (nSPS) is 15.1. The van der Waals surface area contributed by atoms with Crippen molar-refractivity contribution in [2.24, 2.45) is 0 Å². The number of benzene rings is 1. The van der Waals surface area contributed by atoms with Crippen LogP contribution in [0.3, 0.4) is 0 Å². The number of halogens is 1. The molecule has 4 nitrogen and oxygen atoms in total. The predicted octanol–water partition coefficient (Wildman–Crippen LogP) is 3.21. The lowest BCUT2D eigenvalue weighted by Gasteiger charge is -2.28. The Labute approximate surface area is 138 Å². The maximum absolute atomic E-state index is 12.3. The van der Waals surface area contributed by atoms with E-state index in [1.165, 1.54) is 5.56 Å². The predicted molar refractivity (Wildman–Crippen MR) is 90.9 cm³/mol. The van der Waals surface area contributed by atoms with E-state index in [1.807, 2.05) is 13.8 Å². The van der Waals surface area contributed by atoms with Crippen LogP contribution in [0.5, 0.6) is 0 Å². The molecule has 2 aromatic rings. The van der Waals surface area contributed by atoms with E-state index in [1.54, 1.807) is 0 Å². The average Bonchev–Trinajstić information content (AvgIpc) is 2.50. The fourth-order valence-corrected chi connectivity index (χ4v) is 3.02. The van der Waals surface area contributed by atoms with Crippen LogP contribution in [0.1, 0.15) is 42.4 Å². The lowest BCUT2D eigenvalue weighted by molar-refractivity contribution is 0.241. The molecular formula is C17H20BrN3O. The van der Waals surface area contributed by atoms with E-state index in [0.29, 0.717) is 6.54 Å². The average molecular weight is 362 g/mol. The number of nitrogens with one attached hydrogen (secondary N) is 1. The van der Waals surface area contributed by atoms with Gasteiger partial charge in [0, 0.05) is 36.4 Å². The van der Waals surface area contributed by atoms with Gasteiger partial charge in [0.25, 0.3) is 5.56 Å². The monoisotopic (exact) mass is 361 g/mol. The number of H-pyrrole nitrogens is 1. The Hall–Kier alpha value is -1.46. The highest BCUT2D eigenvalue weighted by atomic mass is 79.9. The first-order chi connectivity index (χ1) is 10.5. The molecule has 0 bridgehead atoms. The first-order valence-corrected chi connectivity index (χ1v) is 8.41. The molecule has 5 heteroatoms. The number of nitrogens with zero attached hydrogens (tertiary/aromatic N) is 2. The lowest BCUT2D eigenvalue weighted by atomic mass is 10.1. The minimum atomic E-state index is 0.0224. The fourth-order valence-electron chi connectivity index (χ4n) is 2.76. The molecule has 0 fully saturated rings. The number of aromatic nitrogens is 2. The second-order valence-electron chi connectivity index (χ2n) is 6.12. The van der Waals surface area contributed by atoms with Crippen molar-refractivity contribution in [1.82, 2.24) is 14.9 Å². The van der Waals surface area contributed by atoms with Crippen molar-refractivity contribution in [3.8, 4) is 0 Å². The molecule has 0 amide bonds. The Morgan fingerprint density at radius 3 is 2.73 bits per heavy atom. The zero-order valence-corrected chi connectivity index (χ0v) is 14.5. The third kappa shape index (κ3) is 3.31. The van der Waals surface area contributed by atoms with Gasteiger partial charge in [-0.05, 0) is 17.7 Å². The van der Waals surface area contributed by atoms with Gasteiger partial charge in [0.2, 0.25) is 0 Å². The van der Waals surface area contributed by atoms with Crippen molar-refractivity contribution < 1.29 is 0 Å². The van der Waals surface area contributed by atoms with E-state index in [2.05, 4.69) is 55.1 Å². The smallest absolute Gasteiger partial charge is 0.255 e. The molecule has 0 unspecified atom stereocenters. The summed E-state index contributed by atoms with van der Waals surface area (Å²) in [5, 5.41) is 0. The highest BCUT2D eigenvalue weighted by molar-refractivity contribution is 9.10. The second-order valence-corrected chi connectivity index (χ2v) is 7.03. The molecule has 1 aromatic heterocycles. The van der Waals surface area contributed by atoms with Crippen LogP contribution in [-0.2, 0) is 19.5 Å². The highest BCUT2D eigenvalue weighted by Crippen LogP contribution is 2.19. The Morgan fingerprint density at radius 1 is 1.32 bits per heavy atom. The van der Waals surface area contributed by atoms with Crippen LogP contribution < -0.4 is 5.56 Å². The van der Waals surface area contributed by atoms with Gasteiger partial charge in [-0.15, -0.1) is 0 Å². The minimum absolute atomic E-state index is 0.0224. The molecule has 1 N–H and O–H groups in total. The van der Waals surface area contributed by atoms with Gasteiger partial charge in [-0.3, -0.25) is 9.69 Å². The topological polar surface area (TPSA) is 49.0 Å². The Morgan fingerprint density at radius 2 is 2.05 bits per heavy atom. The summed E-state index contributed by atoms with van der Waals surface area (Å²) in [6.07, 6.45) is 0.843. The van der Waals surface area contributed by atoms with Gasteiger partial charge in [-0.2, -0.15) is 0 Å². The molecule has 0 spiro atoms. The van der Waals surface area contributed by atoms with Gasteiger partial charge >= 0.3 is 0 Å². The summed E-state index contributed by atoms with van der Waals surface area (Å²) in [5.41, 5.74) is 3.08. The molecule has 0 saturated heterocycles. The number of fused-ring (bicyclic) bond motifs is 1. The molecule has 116 valence electrons. The van der Waals surface area contributed by atoms with Gasteiger partial charge in [0.1, 0.15) is 5.82 Å². The van der Waals surface area contributed by atoms with Crippen molar-refractivity contribution in [2.75, 3.05) is 6.54 Å². The molecule has 1 aliphatic rings. The highest BCUT2D eigenvalue weighted by Gasteiger charge is 2.21. The van der Waals surface area contributed by atoms with Gasteiger partial charge in [0.05, 0.1) is 11.3 Å². The zero-order valence-electron chi connectivity index (χ0n) is 12.9. The van der Waals surface area contributed by atoms with E-state index in [0.717, 1.165) is 41.1 Å². The number of hydrogen-bond donors (Lipinski definition) is 1. The molecular weight excluding hydrogens is 342 g/mol. The Bertz CT molecular complexity index is 722. The van der Waals surface area contributed by atoms with Crippen LogP contribution >= 0.6 is 15.9 Å². The second kappa shape index (κ2) is 6.34. The maximum atomic E-state index is 12.3. The summed E-state index contributed by atoms with van der Waals surface area (Å²) >= 11 is 3.45. The van der Waals surface area contributed by atoms with Crippen LogP contribution in [0, 0.1) is 0 Å². The Kier molecular flexibility index (Phi) is 4.45. The molecule has 0 saturated carbocycles. The van der Waals surface area contributed by atoms with Crippen LogP contribution in [0.2, 0.25) is 0 Å². The van der Waals surface area contributed by atoms with Crippen molar-refractivity contribution >= 4 is 15.9 Å². The molecule has 0 radical (unpaired) electrons. The number of rotatable bonds is 3. The molecule has 0 aliphatic carbocycles. The molecule has 1 aliphatic heterocycles. The van der Waals surface area contributed by atoms with Gasteiger partial charge in [0.15, 0.2) is 0 Å². The van der Waals surface area contributed by atoms with Crippen molar-refractivity contribution in [2.45, 2.75) is 39.3 Å². The number of hydrogen-bond acceptors (Lipinski definition) is 3. The maximum Gasteiger partial charge on any atom is 0.255 e. The van der Waals surface area contributed by atoms with Gasteiger partial charge in [-0.1, -0.05) is 41.9 Å². The van der Waals surface area contributed by atoms with E-state index in [-0.39, 0.29) is 11.5 Å². The Balaban J connectivity index is 1.79. The summed E-state index contributed by atoms with van der Waals surface area (Å²) in [6.45, 7) is 6.57. The standard InChI is InChI=1S/C17H20BrN3O/c1-11(2)16-19-15-7-8-21(10-14(15)17(22)20-16)9-12-3-5-13(18)6-4-12/h3-6,11H,7-10H2,1-2H3,(H,19,20,22).